The maximum Gasteiger partial charge on any atom is 0.0569 e. The quantitative estimate of drug-likeness (QED) is 0.413. The highest BCUT2D eigenvalue weighted by molar-refractivity contribution is 6.37. The second kappa shape index (κ2) is 4.56. The van der Waals surface area contributed by atoms with Crippen molar-refractivity contribution in [2.24, 2.45) is 0 Å². The van der Waals surface area contributed by atoms with Gasteiger partial charge in [-0.2, -0.15) is 0 Å². The van der Waals surface area contributed by atoms with Crippen LogP contribution in [0, 0.1) is 0 Å². The zero-order valence-electron chi connectivity index (χ0n) is 15.1. The molecule has 0 aliphatic heterocycles. The normalized spacial score (nSPS) is 17.6. The molecule has 0 atom stereocenters. The van der Waals surface area contributed by atoms with E-state index in [1.807, 2.05) is 0 Å². The van der Waals surface area contributed by atoms with E-state index in [1.165, 1.54) is 44.5 Å². The van der Waals surface area contributed by atoms with Crippen LogP contribution in [0.25, 0.3) is 22.3 Å². The zero-order chi connectivity index (χ0) is 17.6. The van der Waals surface area contributed by atoms with Crippen LogP contribution in [0.4, 0.5) is 0 Å². The minimum absolute atomic E-state index is 0.0184. The molecule has 25 heavy (non-hydrogen) atoms. The van der Waals surface area contributed by atoms with Gasteiger partial charge in [-0.15, -0.1) is 0 Å². The maximum atomic E-state index is 7.11. The lowest BCUT2D eigenvalue weighted by Crippen LogP contribution is -2.18. The van der Waals surface area contributed by atoms with Crippen LogP contribution < -0.4 is 0 Å². The van der Waals surface area contributed by atoms with Crippen molar-refractivity contribution in [1.29, 1.82) is 0 Å². The second-order valence-corrected chi connectivity index (χ2v) is 8.75. The van der Waals surface area contributed by atoms with Gasteiger partial charge < -0.3 is 0 Å². The first-order valence-corrected chi connectivity index (χ1v) is 9.30. The Hall–Kier alpha value is -2.05. The van der Waals surface area contributed by atoms with E-state index in [-0.39, 0.29) is 10.8 Å². The van der Waals surface area contributed by atoms with E-state index in [1.54, 1.807) is 0 Å². The number of hydrogen-bond donors (Lipinski definition) is 0. The summed E-state index contributed by atoms with van der Waals surface area (Å²) >= 11 is 7.11. The molecule has 0 N–H and O–H groups in total. The van der Waals surface area contributed by atoms with Crippen molar-refractivity contribution < 1.29 is 0 Å². The summed E-state index contributed by atoms with van der Waals surface area (Å²) < 4.78 is 0. The Morgan fingerprint density at radius 2 is 1.00 bits per heavy atom. The third-order valence-corrected chi connectivity index (χ3v) is 6.73. The highest BCUT2D eigenvalue weighted by atomic mass is 35.5. The summed E-state index contributed by atoms with van der Waals surface area (Å²) in [4.78, 5) is 0. The highest BCUT2D eigenvalue weighted by Gasteiger charge is 2.43. The van der Waals surface area contributed by atoms with Gasteiger partial charge in [-0.05, 0) is 33.4 Å². The summed E-state index contributed by atoms with van der Waals surface area (Å²) in [5.74, 6) is 0. The lowest BCUT2D eigenvalue weighted by atomic mass is 9.77. The molecule has 1 heteroatoms. The van der Waals surface area contributed by atoms with Gasteiger partial charge in [-0.3, -0.25) is 0 Å². The molecule has 5 rings (SSSR count). The van der Waals surface area contributed by atoms with Gasteiger partial charge in [0, 0.05) is 22.0 Å². The van der Waals surface area contributed by atoms with E-state index >= 15 is 0 Å². The Morgan fingerprint density at radius 1 is 0.600 bits per heavy atom. The first kappa shape index (κ1) is 15.2. The van der Waals surface area contributed by atoms with Gasteiger partial charge in [0.15, 0.2) is 0 Å². The minimum atomic E-state index is -0.0184. The smallest absolute Gasteiger partial charge is 0.0569 e. The van der Waals surface area contributed by atoms with Crippen molar-refractivity contribution in [3.8, 4) is 22.3 Å². The first-order chi connectivity index (χ1) is 11.8. The average Bonchev–Trinajstić information content (AvgIpc) is 2.97. The predicted octanol–water partition coefficient (Wildman–Crippen LogP) is 6.95. The summed E-state index contributed by atoms with van der Waals surface area (Å²) in [6, 6.07) is 19.8. The van der Waals surface area contributed by atoms with Gasteiger partial charge in [0.2, 0.25) is 0 Å². The Kier molecular flexibility index (Phi) is 2.78. The summed E-state index contributed by atoms with van der Waals surface area (Å²) in [7, 11) is 0. The van der Waals surface area contributed by atoms with Gasteiger partial charge in [-0.1, -0.05) is 93.9 Å². The topological polar surface area (TPSA) is 0 Å². The molecule has 0 saturated heterocycles. The average molecular weight is 345 g/mol. The van der Waals surface area contributed by atoms with Crippen LogP contribution in [0.3, 0.4) is 0 Å². The lowest BCUT2D eigenvalue weighted by Gasteiger charge is -2.26. The molecule has 2 aliphatic rings. The predicted molar refractivity (Wildman–Crippen MR) is 107 cm³/mol. The minimum Gasteiger partial charge on any atom is -0.0830 e. The van der Waals surface area contributed by atoms with Crippen LogP contribution in [0.5, 0.6) is 0 Å². The molecule has 0 heterocycles. The monoisotopic (exact) mass is 344 g/mol. The SMILES string of the molecule is CC1(C)c2ccccc2-c2c1cc1c(c2Cl)-c2ccccc2C1(C)C. The molecule has 0 spiro atoms. The van der Waals surface area contributed by atoms with Crippen LogP contribution in [0.1, 0.15) is 49.9 Å². The molecule has 0 amide bonds. The summed E-state index contributed by atoms with van der Waals surface area (Å²) in [5, 5.41) is 0.920. The van der Waals surface area contributed by atoms with Crippen molar-refractivity contribution in [1.82, 2.24) is 0 Å². The van der Waals surface area contributed by atoms with Crippen LogP contribution in [-0.4, -0.2) is 0 Å². The standard InChI is InChI=1S/C24H21Cl/c1-23(2)16-11-7-5-9-14(16)20-18(23)13-19-21(22(20)25)15-10-6-8-12-17(15)24(19,3)4/h5-13H,1-4H3. The van der Waals surface area contributed by atoms with Gasteiger partial charge in [0.1, 0.15) is 0 Å². The molecule has 0 fully saturated rings. The molecule has 2 aliphatic carbocycles. The fourth-order valence-corrected chi connectivity index (χ4v) is 5.35. The lowest BCUT2D eigenvalue weighted by molar-refractivity contribution is 0.639. The fourth-order valence-electron chi connectivity index (χ4n) is 4.95. The van der Waals surface area contributed by atoms with Gasteiger partial charge >= 0.3 is 0 Å². The van der Waals surface area contributed by atoms with E-state index in [2.05, 4.69) is 82.3 Å². The van der Waals surface area contributed by atoms with Crippen molar-refractivity contribution in [2.45, 2.75) is 38.5 Å². The van der Waals surface area contributed by atoms with Crippen molar-refractivity contribution >= 4 is 11.6 Å². The number of rotatable bonds is 0. The van der Waals surface area contributed by atoms with E-state index in [0.717, 1.165) is 5.02 Å². The second-order valence-electron chi connectivity index (χ2n) is 8.38. The molecule has 0 unspecified atom stereocenters. The number of hydrogen-bond acceptors (Lipinski definition) is 0. The Morgan fingerprint density at radius 3 is 1.44 bits per heavy atom. The van der Waals surface area contributed by atoms with Crippen molar-refractivity contribution in [2.75, 3.05) is 0 Å². The fraction of sp³-hybridized carbons (Fsp3) is 0.250. The van der Waals surface area contributed by atoms with Gasteiger partial charge in [0.25, 0.3) is 0 Å². The number of benzene rings is 3. The Balaban J connectivity index is 1.94. The van der Waals surface area contributed by atoms with Crippen LogP contribution in [0.2, 0.25) is 5.02 Å². The van der Waals surface area contributed by atoms with E-state index in [9.17, 15) is 0 Å². The molecule has 0 nitrogen and oxygen atoms in total. The summed E-state index contributed by atoms with van der Waals surface area (Å²) in [6.07, 6.45) is 0. The van der Waals surface area contributed by atoms with Crippen molar-refractivity contribution in [3.05, 3.63) is 81.9 Å². The largest absolute Gasteiger partial charge is 0.0830 e. The van der Waals surface area contributed by atoms with E-state index in [4.69, 9.17) is 11.6 Å². The van der Waals surface area contributed by atoms with Crippen LogP contribution >= 0.6 is 11.6 Å². The number of fused-ring (bicyclic) bond motifs is 6. The van der Waals surface area contributed by atoms with Gasteiger partial charge in [-0.25, -0.2) is 0 Å². The molecule has 0 radical (unpaired) electrons. The third-order valence-electron chi connectivity index (χ3n) is 6.35. The molecular formula is C24H21Cl. The zero-order valence-corrected chi connectivity index (χ0v) is 15.8. The molecule has 3 aromatic carbocycles. The molecular weight excluding hydrogens is 324 g/mol. The number of halogens is 1. The van der Waals surface area contributed by atoms with E-state index in [0.29, 0.717) is 0 Å². The Bertz CT molecular complexity index is 972. The summed E-state index contributed by atoms with van der Waals surface area (Å²) in [6.45, 7) is 9.26. The van der Waals surface area contributed by atoms with Crippen LogP contribution in [-0.2, 0) is 10.8 Å². The van der Waals surface area contributed by atoms with Gasteiger partial charge in [0.05, 0.1) is 5.02 Å². The van der Waals surface area contributed by atoms with Crippen molar-refractivity contribution in [3.63, 3.8) is 0 Å². The van der Waals surface area contributed by atoms with E-state index < -0.39 is 0 Å². The molecule has 0 bridgehead atoms. The summed E-state index contributed by atoms with van der Waals surface area (Å²) in [5.41, 5.74) is 10.5. The molecule has 3 aromatic rings. The Labute approximate surface area is 154 Å². The molecule has 0 aromatic heterocycles. The maximum absolute atomic E-state index is 7.11. The first-order valence-electron chi connectivity index (χ1n) is 8.92. The highest BCUT2D eigenvalue weighted by Crippen LogP contribution is 2.59. The van der Waals surface area contributed by atoms with Crippen LogP contribution in [0.15, 0.2) is 54.6 Å². The molecule has 0 saturated carbocycles. The molecule has 124 valence electrons. The third kappa shape index (κ3) is 1.69.